The quantitative estimate of drug-likeness (QED) is 0.946. The zero-order chi connectivity index (χ0) is 15.8. The Labute approximate surface area is 117 Å². The molecule has 2 rings (SSSR count). The van der Waals surface area contributed by atoms with Gasteiger partial charge >= 0.3 is 12.1 Å². The Morgan fingerprint density at radius 1 is 1.33 bits per heavy atom. The maximum absolute atomic E-state index is 12.7. The lowest BCUT2D eigenvalue weighted by molar-refractivity contribution is -0.137. The average Bonchev–Trinajstić information content (AvgIpc) is 2.79. The number of aromatic carboxylic acids is 1. The van der Waals surface area contributed by atoms with E-state index >= 15 is 0 Å². The van der Waals surface area contributed by atoms with E-state index in [1.165, 1.54) is 31.0 Å². The lowest BCUT2D eigenvalue weighted by Gasteiger charge is -2.12. The molecule has 0 saturated heterocycles. The number of aryl methyl sites for hydroxylation is 1. The fraction of sp³-hybridized carbons (Fsp3) is 0.231. The number of hydrogen-bond donors (Lipinski definition) is 1. The first-order valence-corrected chi connectivity index (χ1v) is 5.77. The van der Waals surface area contributed by atoms with Crippen LogP contribution in [0.3, 0.4) is 0 Å². The third kappa shape index (κ3) is 2.83. The van der Waals surface area contributed by atoms with E-state index in [1.807, 2.05) is 0 Å². The fourth-order valence-electron chi connectivity index (χ4n) is 1.90. The van der Waals surface area contributed by atoms with E-state index < -0.39 is 17.7 Å². The van der Waals surface area contributed by atoms with Gasteiger partial charge in [0, 0.05) is 12.6 Å². The van der Waals surface area contributed by atoms with E-state index in [1.54, 1.807) is 0 Å². The second-order valence-electron chi connectivity index (χ2n) is 4.26. The monoisotopic (exact) mass is 300 g/mol. The Balaban J connectivity index is 2.56. The highest BCUT2D eigenvalue weighted by atomic mass is 19.4. The Morgan fingerprint density at radius 3 is 2.48 bits per heavy atom. The minimum atomic E-state index is -4.48. The molecule has 1 N–H and O–H groups in total. The minimum absolute atomic E-state index is 0.00948. The maximum atomic E-state index is 12.7. The van der Waals surface area contributed by atoms with Crippen molar-refractivity contribution in [3.8, 4) is 17.0 Å². The van der Waals surface area contributed by atoms with Crippen LogP contribution < -0.4 is 4.74 Å². The van der Waals surface area contributed by atoms with Crippen LogP contribution in [0.15, 0.2) is 24.3 Å². The molecule has 5 nitrogen and oxygen atoms in total. The van der Waals surface area contributed by atoms with Crippen molar-refractivity contribution in [1.82, 2.24) is 9.78 Å². The Morgan fingerprint density at radius 2 is 2.00 bits per heavy atom. The summed E-state index contributed by atoms with van der Waals surface area (Å²) in [6, 6.07) is 4.27. The van der Waals surface area contributed by atoms with Gasteiger partial charge in [-0.2, -0.15) is 18.3 Å². The number of alkyl halides is 3. The number of aromatic nitrogens is 2. The highest BCUT2D eigenvalue weighted by molar-refractivity contribution is 5.87. The molecule has 0 saturated carbocycles. The van der Waals surface area contributed by atoms with Crippen LogP contribution in [0.4, 0.5) is 13.2 Å². The molecule has 112 valence electrons. The SMILES string of the molecule is COc1cc(C(F)(F)F)ccc1-c1cc(C(=O)O)nn1C. The molecule has 0 aliphatic heterocycles. The van der Waals surface area contributed by atoms with Gasteiger partial charge in [-0.1, -0.05) is 0 Å². The average molecular weight is 300 g/mol. The van der Waals surface area contributed by atoms with Crippen LogP contribution in [0.2, 0.25) is 0 Å². The van der Waals surface area contributed by atoms with Crippen LogP contribution in [-0.4, -0.2) is 28.0 Å². The summed E-state index contributed by atoms with van der Waals surface area (Å²) in [4.78, 5) is 10.9. The summed E-state index contributed by atoms with van der Waals surface area (Å²) < 4.78 is 44.3. The van der Waals surface area contributed by atoms with Crippen molar-refractivity contribution in [2.75, 3.05) is 7.11 Å². The van der Waals surface area contributed by atoms with E-state index in [2.05, 4.69) is 5.10 Å². The van der Waals surface area contributed by atoms with Gasteiger partial charge in [0.2, 0.25) is 0 Å². The number of carboxylic acid groups (broad SMARTS) is 1. The first-order chi connectivity index (χ1) is 9.74. The lowest BCUT2D eigenvalue weighted by Crippen LogP contribution is -2.05. The second kappa shape index (κ2) is 5.12. The Bertz CT molecular complexity index is 692. The van der Waals surface area contributed by atoms with E-state index in [0.29, 0.717) is 11.3 Å². The van der Waals surface area contributed by atoms with E-state index in [4.69, 9.17) is 9.84 Å². The number of nitrogens with zero attached hydrogens (tertiary/aromatic N) is 2. The third-order valence-corrected chi connectivity index (χ3v) is 2.90. The van der Waals surface area contributed by atoms with Gasteiger partial charge in [0.1, 0.15) is 5.75 Å². The lowest BCUT2D eigenvalue weighted by atomic mass is 10.1. The Hall–Kier alpha value is -2.51. The van der Waals surface area contributed by atoms with Crippen molar-refractivity contribution in [2.24, 2.45) is 7.05 Å². The molecule has 1 aromatic carbocycles. The predicted molar refractivity (Wildman–Crippen MR) is 67.2 cm³/mol. The van der Waals surface area contributed by atoms with Gasteiger partial charge in [-0.05, 0) is 24.3 Å². The van der Waals surface area contributed by atoms with E-state index in [9.17, 15) is 18.0 Å². The first kappa shape index (κ1) is 14.9. The van der Waals surface area contributed by atoms with Gasteiger partial charge in [-0.3, -0.25) is 4.68 Å². The molecule has 1 heterocycles. The summed E-state index contributed by atoms with van der Waals surface area (Å²) >= 11 is 0. The number of ether oxygens (including phenoxy) is 1. The van der Waals surface area contributed by atoms with Gasteiger partial charge in [0.05, 0.1) is 18.4 Å². The van der Waals surface area contributed by atoms with Crippen molar-refractivity contribution in [3.63, 3.8) is 0 Å². The standard InChI is InChI=1S/C13H11F3N2O3/c1-18-10(6-9(17-18)12(19)20)8-4-3-7(13(14,15)16)5-11(8)21-2/h3-6H,1-2H3,(H,19,20). The molecule has 1 aromatic heterocycles. The fourth-order valence-corrected chi connectivity index (χ4v) is 1.90. The number of rotatable bonds is 3. The van der Waals surface area contributed by atoms with Crippen molar-refractivity contribution in [1.29, 1.82) is 0 Å². The van der Waals surface area contributed by atoms with Crippen LogP contribution in [0, 0.1) is 0 Å². The molecule has 0 bridgehead atoms. The first-order valence-electron chi connectivity index (χ1n) is 5.77. The van der Waals surface area contributed by atoms with Gasteiger partial charge in [-0.25, -0.2) is 4.79 Å². The Kier molecular flexibility index (Phi) is 3.63. The van der Waals surface area contributed by atoms with Gasteiger partial charge < -0.3 is 9.84 Å². The maximum Gasteiger partial charge on any atom is 0.416 e. The molecule has 0 aliphatic carbocycles. The number of carboxylic acids is 1. The van der Waals surface area contributed by atoms with E-state index in [-0.39, 0.29) is 11.4 Å². The molecule has 8 heteroatoms. The zero-order valence-corrected chi connectivity index (χ0v) is 11.1. The van der Waals surface area contributed by atoms with Crippen LogP contribution in [0.25, 0.3) is 11.3 Å². The summed E-state index contributed by atoms with van der Waals surface area (Å²) in [5.74, 6) is -1.23. The van der Waals surface area contributed by atoms with Crippen molar-refractivity contribution in [3.05, 3.63) is 35.5 Å². The molecular weight excluding hydrogens is 289 g/mol. The van der Waals surface area contributed by atoms with Crippen LogP contribution in [0.1, 0.15) is 16.1 Å². The van der Waals surface area contributed by atoms with Crippen molar-refractivity contribution in [2.45, 2.75) is 6.18 Å². The highest BCUT2D eigenvalue weighted by Gasteiger charge is 2.31. The van der Waals surface area contributed by atoms with Gasteiger partial charge in [-0.15, -0.1) is 0 Å². The number of methoxy groups -OCH3 is 1. The topological polar surface area (TPSA) is 64.3 Å². The highest BCUT2D eigenvalue weighted by Crippen LogP contribution is 2.37. The molecule has 0 unspecified atom stereocenters. The summed E-state index contributed by atoms with van der Waals surface area (Å²) in [7, 11) is 2.74. The van der Waals surface area contributed by atoms with Crippen LogP contribution in [-0.2, 0) is 13.2 Å². The second-order valence-corrected chi connectivity index (χ2v) is 4.26. The molecule has 0 spiro atoms. The predicted octanol–water partition coefficient (Wildman–Crippen LogP) is 2.81. The van der Waals surface area contributed by atoms with Crippen LogP contribution >= 0.6 is 0 Å². The van der Waals surface area contributed by atoms with Gasteiger partial charge in [0.15, 0.2) is 5.69 Å². The zero-order valence-electron chi connectivity index (χ0n) is 11.1. The largest absolute Gasteiger partial charge is 0.496 e. The number of hydrogen-bond acceptors (Lipinski definition) is 3. The number of halogens is 3. The molecule has 2 aromatic rings. The number of carbonyl (C=O) groups is 1. The molecule has 0 amide bonds. The molecule has 0 aliphatic rings. The molecule has 21 heavy (non-hydrogen) atoms. The summed E-state index contributed by atoms with van der Waals surface area (Å²) in [5.41, 5.74) is -0.371. The minimum Gasteiger partial charge on any atom is -0.496 e. The van der Waals surface area contributed by atoms with Crippen molar-refractivity contribution >= 4 is 5.97 Å². The molecule has 0 fully saturated rings. The summed E-state index contributed by atoms with van der Waals surface area (Å²) in [6.45, 7) is 0. The van der Waals surface area contributed by atoms with Gasteiger partial charge in [0.25, 0.3) is 0 Å². The molecule has 0 atom stereocenters. The summed E-state index contributed by atoms with van der Waals surface area (Å²) in [5, 5.41) is 12.7. The normalized spacial score (nSPS) is 11.5. The van der Waals surface area contributed by atoms with Crippen molar-refractivity contribution < 1.29 is 27.8 Å². The van der Waals surface area contributed by atoms with Crippen LogP contribution in [0.5, 0.6) is 5.75 Å². The van der Waals surface area contributed by atoms with E-state index in [0.717, 1.165) is 12.1 Å². The molecule has 0 radical (unpaired) electrons. The number of benzene rings is 1. The molecular formula is C13H11F3N2O3. The smallest absolute Gasteiger partial charge is 0.416 e. The summed E-state index contributed by atoms with van der Waals surface area (Å²) in [6.07, 6.45) is -4.48. The third-order valence-electron chi connectivity index (χ3n) is 2.90.